The molecule has 1 aliphatic rings. The summed E-state index contributed by atoms with van der Waals surface area (Å²) < 4.78 is 19.5. The number of nitrogens with one attached hydrogen (secondary N) is 1. The maximum absolute atomic E-state index is 13.7. The normalized spacial score (nSPS) is 21.2. The number of alkyl halides is 1. The van der Waals surface area contributed by atoms with Crippen LogP contribution in [0, 0.1) is 0 Å². The number of ether oxygens (including phenoxy) is 1. The highest BCUT2D eigenvalue weighted by Gasteiger charge is 2.41. The van der Waals surface area contributed by atoms with Crippen molar-refractivity contribution in [2.45, 2.75) is 45.0 Å². The number of pyridine rings is 1. The first kappa shape index (κ1) is 17.7. The number of carbonyl (C=O) groups is 2. The Balaban J connectivity index is 2.09. The number of rotatable bonds is 2. The van der Waals surface area contributed by atoms with E-state index in [4.69, 9.17) is 4.74 Å². The molecule has 0 aromatic carbocycles. The largest absolute Gasteiger partial charge is 0.444 e. The van der Waals surface area contributed by atoms with Gasteiger partial charge in [-0.1, -0.05) is 6.07 Å². The van der Waals surface area contributed by atoms with Crippen molar-refractivity contribution in [3.8, 4) is 0 Å². The summed E-state index contributed by atoms with van der Waals surface area (Å²) >= 11 is 3.21. The van der Waals surface area contributed by atoms with Gasteiger partial charge in [0.2, 0.25) is 5.91 Å². The molecule has 2 amide bonds. The SMILES string of the molecule is CC(C)(C)OC(=O)N1C[C@H](F)C[C@H]1C(=O)Nc1cccc(Br)n1. The molecule has 1 fully saturated rings. The molecule has 2 rings (SSSR count). The Labute approximate surface area is 142 Å². The van der Waals surface area contributed by atoms with Gasteiger partial charge in [0.15, 0.2) is 0 Å². The Bertz CT molecular complexity index is 606. The molecule has 2 heterocycles. The number of anilines is 1. The van der Waals surface area contributed by atoms with Crippen LogP contribution in [0.2, 0.25) is 0 Å². The summed E-state index contributed by atoms with van der Waals surface area (Å²) in [5.74, 6) is -0.155. The smallest absolute Gasteiger partial charge is 0.411 e. The summed E-state index contributed by atoms with van der Waals surface area (Å²) in [5, 5.41) is 2.60. The Hall–Kier alpha value is -1.70. The minimum Gasteiger partial charge on any atom is -0.444 e. The first-order chi connectivity index (χ1) is 10.7. The zero-order chi connectivity index (χ0) is 17.2. The van der Waals surface area contributed by atoms with Gasteiger partial charge in [0.25, 0.3) is 0 Å². The highest BCUT2D eigenvalue weighted by molar-refractivity contribution is 9.10. The second-order valence-corrected chi connectivity index (χ2v) is 7.13. The van der Waals surface area contributed by atoms with E-state index >= 15 is 0 Å². The Morgan fingerprint density at radius 1 is 1.43 bits per heavy atom. The molecule has 1 aromatic rings. The maximum atomic E-state index is 13.7. The van der Waals surface area contributed by atoms with E-state index < -0.39 is 29.8 Å². The van der Waals surface area contributed by atoms with Crippen molar-refractivity contribution in [3.63, 3.8) is 0 Å². The van der Waals surface area contributed by atoms with Crippen LogP contribution < -0.4 is 5.32 Å². The molecule has 0 aliphatic carbocycles. The zero-order valence-corrected chi connectivity index (χ0v) is 14.8. The lowest BCUT2D eigenvalue weighted by Crippen LogP contribution is -2.45. The second-order valence-electron chi connectivity index (χ2n) is 6.32. The predicted octanol–water partition coefficient (Wildman–Crippen LogP) is 3.13. The second kappa shape index (κ2) is 6.82. The van der Waals surface area contributed by atoms with Crippen molar-refractivity contribution >= 4 is 33.7 Å². The monoisotopic (exact) mass is 387 g/mol. The van der Waals surface area contributed by atoms with E-state index in [1.165, 1.54) is 0 Å². The van der Waals surface area contributed by atoms with Gasteiger partial charge in [-0.2, -0.15) is 0 Å². The van der Waals surface area contributed by atoms with Crippen LogP contribution in [0.3, 0.4) is 0 Å². The fourth-order valence-corrected chi connectivity index (χ4v) is 2.59. The summed E-state index contributed by atoms with van der Waals surface area (Å²) in [6.07, 6.45) is -2.01. The van der Waals surface area contributed by atoms with Gasteiger partial charge < -0.3 is 10.1 Å². The van der Waals surface area contributed by atoms with Gasteiger partial charge in [-0.05, 0) is 48.8 Å². The molecular weight excluding hydrogens is 369 g/mol. The molecule has 23 heavy (non-hydrogen) atoms. The molecule has 2 atom stereocenters. The standard InChI is InChI=1S/C15H19BrFN3O3/c1-15(2,3)23-14(22)20-8-9(17)7-10(20)13(21)19-12-6-4-5-11(16)18-12/h4-6,9-10H,7-8H2,1-3H3,(H,18,19,21)/t9-,10+/m1/s1. The predicted molar refractivity (Wildman–Crippen MR) is 86.8 cm³/mol. The molecule has 126 valence electrons. The number of carbonyl (C=O) groups excluding carboxylic acids is 2. The Morgan fingerprint density at radius 2 is 2.13 bits per heavy atom. The van der Waals surface area contributed by atoms with Gasteiger partial charge in [0.05, 0.1) is 6.54 Å². The average molecular weight is 388 g/mol. The summed E-state index contributed by atoms with van der Waals surface area (Å²) in [6.45, 7) is 5.00. The lowest BCUT2D eigenvalue weighted by Gasteiger charge is -2.27. The van der Waals surface area contributed by atoms with Crippen molar-refractivity contribution in [1.82, 2.24) is 9.88 Å². The first-order valence-corrected chi connectivity index (χ1v) is 8.02. The maximum Gasteiger partial charge on any atom is 0.411 e. The number of aromatic nitrogens is 1. The zero-order valence-electron chi connectivity index (χ0n) is 13.2. The van der Waals surface area contributed by atoms with Crippen LogP contribution in [-0.4, -0.2) is 46.2 Å². The Morgan fingerprint density at radius 3 is 2.74 bits per heavy atom. The molecular formula is C15H19BrFN3O3. The molecule has 1 aromatic heterocycles. The number of nitrogens with zero attached hydrogens (tertiary/aromatic N) is 2. The van der Waals surface area contributed by atoms with Crippen LogP contribution >= 0.6 is 15.9 Å². The lowest BCUT2D eigenvalue weighted by atomic mass is 10.2. The lowest BCUT2D eigenvalue weighted by molar-refractivity contribution is -0.120. The molecule has 0 radical (unpaired) electrons. The van der Waals surface area contributed by atoms with Gasteiger partial charge >= 0.3 is 6.09 Å². The van der Waals surface area contributed by atoms with Gasteiger partial charge in [0.1, 0.15) is 28.2 Å². The third-order valence-corrected chi connectivity index (χ3v) is 3.59. The molecule has 0 saturated carbocycles. The van der Waals surface area contributed by atoms with Crippen LogP contribution in [0.4, 0.5) is 15.0 Å². The van der Waals surface area contributed by atoms with E-state index in [2.05, 4.69) is 26.2 Å². The third-order valence-electron chi connectivity index (χ3n) is 3.15. The fraction of sp³-hybridized carbons (Fsp3) is 0.533. The van der Waals surface area contributed by atoms with Gasteiger partial charge in [-0.3, -0.25) is 9.69 Å². The van der Waals surface area contributed by atoms with Gasteiger partial charge in [-0.25, -0.2) is 14.2 Å². The van der Waals surface area contributed by atoms with Crippen LogP contribution in [0.15, 0.2) is 22.8 Å². The topological polar surface area (TPSA) is 71.5 Å². The first-order valence-electron chi connectivity index (χ1n) is 7.23. The quantitative estimate of drug-likeness (QED) is 0.791. The highest BCUT2D eigenvalue weighted by atomic mass is 79.9. The van der Waals surface area contributed by atoms with Crippen molar-refractivity contribution < 1.29 is 18.7 Å². The van der Waals surface area contributed by atoms with E-state index in [1.807, 2.05) is 0 Å². The molecule has 6 nitrogen and oxygen atoms in total. The van der Waals surface area contributed by atoms with Crippen LogP contribution in [-0.2, 0) is 9.53 Å². The van der Waals surface area contributed by atoms with E-state index in [0.29, 0.717) is 10.4 Å². The number of halogens is 2. The average Bonchev–Trinajstić information content (AvgIpc) is 2.79. The van der Waals surface area contributed by atoms with Crippen molar-refractivity contribution in [3.05, 3.63) is 22.8 Å². The molecule has 1 N–H and O–H groups in total. The van der Waals surface area contributed by atoms with Crippen molar-refractivity contribution in [2.24, 2.45) is 0 Å². The molecule has 1 saturated heterocycles. The summed E-state index contributed by atoms with van der Waals surface area (Å²) in [6, 6.07) is 4.13. The van der Waals surface area contributed by atoms with Crippen LogP contribution in [0.5, 0.6) is 0 Å². The minimum absolute atomic E-state index is 0.0565. The molecule has 0 spiro atoms. The molecule has 8 heteroatoms. The van der Waals surface area contributed by atoms with Crippen LogP contribution in [0.25, 0.3) is 0 Å². The number of amides is 2. The molecule has 1 aliphatic heterocycles. The van der Waals surface area contributed by atoms with E-state index in [0.717, 1.165) is 4.90 Å². The molecule has 0 bridgehead atoms. The minimum atomic E-state index is -1.26. The number of hydrogen-bond donors (Lipinski definition) is 1. The van der Waals surface area contributed by atoms with E-state index in [-0.39, 0.29) is 13.0 Å². The third kappa shape index (κ3) is 4.89. The number of likely N-dealkylation sites (tertiary alicyclic amines) is 1. The summed E-state index contributed by atoms with van der Waals surface area (Å²) in [7, 11) is 0. The van der Waals surface area contributed by atoms with Crippen molar-refractivity contribution in [1.29, 1.82) is 0 Å². The highest BCUT2D eigenvalue weighted by Crippen LogP contribution is 2.24. The van der Waals surface area contributed by atoms with Gasteiger partial charge in [0, 0.05) is 6.42 Å². The number of hydrogen-bond acceptors (Lipinski definition) is 4. The molecule has 0 unspecified atom stereocenters. The fourth-order valence-electron chi connectivity index (χ4n) is 2.24. The van der Waals surface area contributed by atoms with E-state index in [1.54, 1.807) is 39.0 Å². The van der Waals surface area contributed by atoms with Crippen molar-refractivity contribution in [2.75, 3.05) is 11.9 Å². The Kier molecular flexibility index (Phi) is 5.23. The van der Waals surface area contributed by atoms with Crippen LogP contribution in [0.1, 0.15) is 27.2 Å². The summed E-state index contributed by atoms with van der Waals surface area (Å²) in [4.78, 5) is 29.7. The van der Waals surface area contributed by atoms with E-state index in [9.17, 15) is 14.0 Å². The van der Waals surface area contributed by atoms with Gasteiger partial charge in [-0.15, -0.1) is 0 Å². The summed E-state index contributed by atoms with van der Waals surface area (Å²) in [5.41, 5.74) is -0.710.